The van der Waals surface area contributed by atoms with Crippen LogP contribution in [0.15, 0.2) is 18.3 Å². The van der Waals surface area contributed by atoms with Crippen LogP contribution in [0.5, 0.6) is 0 Å². The second-order valence-corrected chi connectivity index (χ2v) is 4.22. The van der Waals surface area contributed by atoms with Gasteiger partial charge >= 0.3 is 5.97 Å². The van der Waals surface area contributed by atoms with Gasteiger partial charge in [0.25, 0.3) is 0 Å². The van der Waals surface area contributed by atoms with E-state index in [4.69, 9.17) is 9.84 Å². The van der Waals surface area contributed by atoms with E-state index in [0.29, 0.717) is 5.69 Å². The number of methoxy groups -OCH3 is 1. The zero-order valence-corrected chi connectivity index (χ0v) is 10.3. The minimum absolute atomic E-state index is 0.269. The quantitative estimate of drug-likeness (QED) is 0.605. The first-order valence-corrected chi connectivity index (χ1v) is 5.75. The van der Waals surface area contributed by atoms with Gasteiger partial charge in [0.2, 0.25) is 0 Å². The number of esters is 1. The molecule has 0 saturated carbocycles. The van der Waals surface area contributed by atoms with Crippen LogP contribution in [0.3, 0.4) is 0 Å². The summed E-state index contributed by atoms with van der Waals surface area (Å²) in [4.78, 5) is 15.4. The maximum Gasteiger partial charge on any atom is 0.337 e. The summed E-state index contributed by atoms with van der Waals surface area (Å²) in [7, 11) is 1.26. The molecule has 0 aliphatic carbocycles. The summed E-state index contributed by atoms with van der Waals surface area (Å²) in [6.07, 6.45) is -2.78. The van der Waals surface area contributed by atoms with Crippen LogP contribution in [0.25, 0.3) is 0 Å². The Labute approximate surface area is 109 Å². The molecular weight excluding hydrogens is 254 g/mol. The fourth-order valence-electron chi connectivity index (χ4n) is 1.99. The van der Waals surface area contributed by atoms with Crippen LogP contribution < -0.4 is 0 Å². The van der Waals surface area contributed by atoms with Crippen molar-refractivity contribution in [2.24, 2.45) is 0 Å². The molecule has 1 aromatic rings. The summed E-state index contributed by atoms with van der Waals surface area (Å²) in [5.41, 5.74) is 0.565. The highest BCUT2D eigenvalue weighted by Crippen LogP contribution is 2.32. The summed E-state index contributed by atoms with van der Waals surface area (Å²) in [6, 6.07) is 2.89. The van der Waals surface area contributed by atoms with Crippen LogP contribution in [-0.4, -0.2) is 58.3 Å². The molecule has 1 saturated heterocycles. The van der Waals surface area contributed by atoms with E-state index in [1.807, 2.05) is 0 Å². The van der Waals surface area contributed by atoms with Crippen LogP contribution in [0.2, 0.25) is 0 Å². The molecule has 0 aromatic carbocycles. The molecule has 7 heteroatoms. The van der Waals surface area contributed by atoms with Crippen molar-refractivity contribution < 1.29 is 29.6 Å². The Morgan fingerprint density at radius 1 is 1.47 bits per heavy atom. The van der Waals surface area contributed by atoms with Gasteiger partial charge < -0.3 is 24.8 Å². The van der Waals surface area contributed by atoms with Gasteiger partial charge in [0.1, 0.15) is 24.4 Å². The second kappa shape index (κ2) is 5.62. The average Bonchev–Trinajstić information content (AvgIpc) is 2.74. The third-order valence-corrected chi connectivity index (χ3v) is 3.04. The molecule has 0 spiro atoms. The molecular formula is C12H15NO6. The number of hydrogen-bond donors (Lipinski definition) is 3. The zero-order valence-electron chi connectivity index (χ0n) is 10.3. The number of hydrogen-bond acceptors (Lipinski definition) is 7. The normalized spacial score (nSPS) is 30.3. The highest BCUT2D eigenvalue weighted by molar-refractivity contribution is 5.89. The van der Waals surface area contributed by atoms with Crippen molar-refractivity contribution in [1.29, 1.82) is 0 Å². The van der Waals surface area contributed by atoms with Gasteiger partial charge in [0.15, 0.2) is 0 Å². The summed E-state index contributed by atoms with van der Waals surface area (Å²) in [5, 5.41) is 28.5. The Balaban J connectivity index is 2.25. The zero-order chi connectivity index (χ0) is 14.0. The van der Waals surface area contributed by atoms with Crippen molar-refractivity contribution in [1.82, 2.24) is 4.98 Å². The van der Waals surface area contributed by atoms with Crippen molar-refractivity contribution in [3.63, 3.8) is 0 Å². The average molecular weight is 269 g/mol. The second-order valence-electron chi connectivity index (χ2n) is 4.22. The Kier molecular flexibility index (Phi) is 4.11. The molecule has 7 nitrogen and oxygen atoms in total. The monoisotopic (exact) mass is 269 g/mol. The van der Waals surface area contributed by atoms with Gasteiger partial charge in [-0.05, 0) is 12.1 Å². The number of ether oxygens (including phenoxy) is 2. The minimum atomic E-state index is -1.21. The van der Waals surface area contributed by atoms with Gasteiger partial charge in [-0.2, -0.15) is 0 Å². The predicted molar refractivity (Wildman–Crippen MR) is 62.3 cm³/mol. The number of aliphatic hydroxyl groups excluding tert-OH is 3. The first-order valence-electron chi connectivity index (χ1n) is 5.75. The van der Waals surface area contributed by atoms with E-state index < -0.39 is 37.0 Å². The van der Waals surface area contributed by atoms with Crippen molar-refractivity contribution in [2.45, 2.75) is 24.4 Å². The molecule has 1 aliphatic rings. The Bertz CT molecular complexity index is 465. The largest absolute Gasteiger partial charge is 0.465 e. The van der Waals surface area contributed by atoms with Crippen LogP contribution in [0.1, 0.15) is 22.2 Å². The topological polar surface area (TPSA) is 109 Å². The van der Waals surface area contributed by atoms with E-state index >= 15 is 0 Å². The van der Waals surface area contributed by atoms with E-state index in [2.05, 4.69) is 9.72 Å². The molecule has 2 rings (SSSR count). The van der Waals surface area contributed by atoms with Crippen LogP contribution in [-0.2, 0) is 9.47 Å². The van der Waals surface area contributed by atoms with Crippen molar-refractivity contribution >= 4 is 5.97 Å². The standard InChI is InChI=1S/C12H15NO6/c1-18-12(17)6-2-3-13-7(4-6)11-10(16)9(15)8(5-14)19-11/h2-4,8-11,14-16H,5H2,1H3/t8-,9-,10-,11+/m1/s1. The lowest BCUT2D eigenvalue weighted by Gasteiger charge is -2.14. The molecule has 4 atom stereocenters. The lowest BCUT2D eigenvalue weighted by Crippen LogP contribution is -2.32. The third kappa shape index (κ3) is 2.59. The third-order valence-electron chi connectivity index (χ3n) is 3.04. The van der Waals surface area contributed by atoms with Crippen molar-refractivity contribution in [2.75, 3.05) is 13.7 Å². The predicted octanol–water partition coefficient (Wildman–Crippen LogP) is -0.978. The van der Waals surface area contributed by atoms with E-state index in [9.17, 15) is 15.0 Å². The first kappa shape index (κ1) is 13.9. The van der Waals surface area contributed by atoms with Gasteiger partial charge in [-0.1, -0.05) is 0 Å². The highest BCUT2D eigenvalue weighted by Gasteiger charge is 2.43. The van der Waals surface area contributed by atoms with Gasteiger partial charge in [0.05, 0.1) is 25.0 Å². The molecule has 19 heavy (non-hydrogen) atoms. The van der Waals surface area contributed by atoms with Crippen molar-refractivity contribution in [3.05, 3.63) is 29.6 Å². The van der Waals surface area contributed by atoms with Crippen LogP contribution in [0.4, 0.5) is 0 Å². The van der Waals surface area contributed by atoms with Gasteiger partial charge in [0, 0.05) is 6.20 Å². The Morgan fingerprint density at radius 2 is 2.21 bits per heavy atom. The molecule has 0 unspecified atom stereocenters. The highest BCUT2D eigenvalue weighted by atomic mass is 16.6. The Morgan fingerprint density at radius 3 is 2.79 bits per heavy atom. The number of pyridine rings is 1. The number of carbonyl (C=O) groups is 1. The van der Waals surface area contributed by atoms with E-state index in [0.717, 1.165) is 0 Å². The Hall–Kier alpha value is -1.54. The van der Waals surface area contributed by atoms with Crippen LogP contribution >= 0.6 is 0 Å². The lowest BCUT2D eigenvalue weighted by molar-refractivity contribution is -0.0239. The molecule has 3 N–H and O–H groups in total. The van der Waals surface area contributed by atoms with E-state index in [1.165, 1.54) is 25.4 Å². The fraction of sp³-hybridized carbons (Fsp3) is 0.500. The number of nitrogens with zero attached hydrogens (tertiary/aromatic N) is 1. The van der Waals surface area contributed by atoms with Crippen molar-refractivity contribution in [3.8, 4) is 0 Å². The number of carbonyl (C=O) groups excluding carboxylic acids is 1. The van der Waals surface area contributed by atoms with Gasteiger partial charge in [-0.15, -0.1) is 0 Å². The molecule has 1 aromatic heterocycles. The van der Waals surface area contributed by atoms with E-state index in [-0.39, 0.29) is 5.56 Å². The number of aromatic nitrogens is 1. The van der Waals surface area contributed by atoms with Gasteiger partial charge in [-0.3, -0.25) is 4.98 Å². The summed E-state index contributed by atoms with van der Waals surface area (Å²) < 4.78 is 9.91. The summed E-state index contributed by atoms with van der Waals surface area (Å²) in [6.45, 7) is -0.411. The first-order chi connectivity index (χ1) is 9.08. The molecule has 0 radical (unpaired) electrons. The molecule has 0 amide bonds. The van der Waals surface area contributed by atoms with Gasteiger partial charge in [-0.25, -0.2) is 4.79 Å². The molecule has 0 bridgehead atoms. The maximum atomic E-state index is 11.4. The minimum Gasteiger partial charge on any atom is -0.465 e. The lowest BCUT2D eigenvalue weighted by atomic mass is 10.0. The van der Waals surface area contributed by atoms with E-state index in [1.54, 1.807) is 0 Å². The number of aliphatic hydroxyl groups is 3. The SMILES string of the molecule is COC(=O)c1ccnc([C@@H]2O[C@H](CO)[C@@H](O)[C@H]2O)c1. The summed E-state index contributed by atoms with van der Waals surface area (Å²) >= 11 is 0. The number of rotatable bonds is 3. The molecule has 1 fully saturated rings. The summed E-state index contributed by atoms with van der Waals surface area (Å²) in [5.74, 6) is -0.532. The molecule has 104 valence electrons. The maximum absolute atomic E-state index is 11.4. The fourth-order valence-corrected chi connectivity index (χ4v) is 1.99. The molecule has 1 aliphatic heterocycles. The smallest absolute Gasteiger partial charge is 0.337 e. The molecule has 2 heterocycles. The van der Waals surface area contributed by atoms with Crippen LogP contribution in [0, 0.1) is 0 Å².